The van der Waals surface area contributed by atoms with Gasteiger partial charge in [0.2, 0.25) is 0 Å². The van der Waals surface area contributed by atoms with Crippen molar-refractivity contribution in [2.75, 3.05) is 0 Å². The van der Waals surface area contributed by atoms with E-state index in [0.717, 1.165) is 60.8 Å². The molecular formula is C54H55Cl2O2SiZr. The van der Waals surface area contributed by atoms with Crippen molar-refractivity contribution >= 4 is 46.2 Å². The van der Waals surface area contributed by atoms with Crippen LogP contribution >= 0.6 is 17.0 Å². The first-order valence-electron chi connectivity index (χ1n) is 22.3. The Morgan fingerprint density at radius 3 is 1.35 bits per heavy atom. The molecule has 2 aromatic heterocycles. The van der Waals surface area contributed by atoms with Crippen molar-refractivity contribution in [3.63, 3.8) is 0 Å². The molecule has 6 heteroatoms. The Hall–Kier alpha value is -3.40. The molecule has 2 nitrogen and oxygen atoms in total. The molecule has 0 fully saturated rings. The second-order valence-electron chi connectivity index (χ2n) is 18.6. The van der Waals surface area contributed by atoms with Crippen molar-refractivity contribution in [3.8, 4) is 22.3 Å². The molecular weight excluding hydrogens is 871 g/mol. The fourth-order valence-corrected chi connectivity index (χ4v) is 26.2. The number of allylic oxidation sites excluding steroid dienone is 2. The maximum absolute atomic E-state index is 7.51. The van der Waals surface area contributed by atoms with Crippen molar-refractivity contribution in [3.05, 3.63) is 164 Å². The van der Waals surface area contributed by atoms with Crippen LogP contribution in [0.15, 0.2) is 93.8 Å². The van der Waals surface area contributed by atoms with E-state index < -0.39 is 24.4 Å². The topological polar surface area (TPSA) is 26.3 Å². The van der Waals surface area contributed by atoms with Crippen LogP contribution in [-0.4, -0.2) is 5.92 Å². The van der Waals surface area contributed by atoms with Gasteiger partial charge in [0.25, 0.3) is 0 Å². The Labute approximate surface area is 372 Å². The predicted octanol–water partition coefficient (Wildman–Crippen LogP) is 15.7. The number of halogens is 2. The maximum atomic E-state index is 7.51. The molecule has 2 unspecified atom stereocenters. The minimum absolute atomic E-state index is 0.198. The van der Waals surface area contributed by atoms with Crippen molar-refractivity contribution in [1.29, 1.82) is 0 Å². The van der Waals surface area contributed by atoms with E-state index in [1.165, 1.54) is 102 Å². The molecule has 4 aliphatic carbocycles. The Kier molecular flexibility index (Phi) is 11.1. The third-order valence-corrected chi connectivity index (χ3v) is 35.9. The fraction of sp³-hybridized carbons (Fsp3) is 0.333. The summed E-state index contributed by atoms with van der Waals surface area (Å²) in [5.41, 5.74) is 22.6. The van der Waals surface area contributed by atoms with Gasteiger partial charge < -0.3 is 0 Å². The quantitative estimate of drug-likeness (QED) is 0.121. The van der Waals surface area contributed by atoms with E-state index in [1.807, 2.05) is 0 Å². The summed E-state index contributed by atoms with van der Waals surface area (Å²) in [7, 11) is 15.0. The molecule has 0 aliphatic heterocycles. The van der Waals surface area contributed by atoms with Gasteiger partial charge in [-0.2, -0.15) is 0 Å². The number of benzene rings is 4. The van der Waals surface area contributed by atoms with Gasteiger partial charge in [0.15, 0.2) is 0 Å². The Morgan fingerprint density at radius 2 is 1.00 bits per heavy atom. The summed E-state index contributed by atoms with van der Waals surface area (Å²) in [5.74, 6) is 3.52. The molecule has 2 heterocycles. The fourth-order valence-electron chi connectivity index (χ4n) is 11.0. The van der Waals surface area contributed by atoms with Gasteiger partial charge in [0, 0.05) is 0 Å². The summed E-state index contributed by atoms with van der Waals surface area (Å²) in [6.45, 7) is 13.2. The number of aryl methyl sites for hydroxylation is 4. The summed E-state index contributed by atoms with van der Waals surface area (Å²) in [6, 6.07) is 34.7. The van der Waals surface area contributed by atoms with Crippen molar-refractivity contribution in [2.24, 2.45) is 0 Å². The molecule has 0 bridgehead atoms. The van der Waals surface area contributed by atoms with Crippen LogP contribution in [0.1, 0.15) is 143 Å². The van der Waals surface area contributed by atoms with Crippen molar-refractivity contribution in [1.82, 2.24) is 0 Å². The predicted molar refractivity (Wildman–Crippen MR) is 253 cm³/mol. The zero-order chi connectivity index (χ0) is 41.4. The molecule has 6 aromatic rings. The third kappa shape index (κ3) is 7.30. The van der Waals surface area contributed by atoms with Gasteiger partial charge in [-0.25, -0.2) is 0 Å². The van der Waals surface area contributed by atoms with Crippen LogP contribution in [0.3, 0.4) is 0 Å². The summed E-state index contributed by atoms with van der Waals surface area (Å²) < 4.78 is 13.0. The Bertz CT molecular complexity index is 2490. The summed E-state index contributed by atoms with van der Waals surface area (Å²) in [4.78, 5) is 0. The molecule has 4 aliphatic rings. The van der Waals surface area contributed by atoms with Crippen LogP contribution < -0.4 is 0 Å². The van der Waals surface area contributed by atoms with E-state index in [0.29, 0.717) is 11.8 Å². The van der Waals surface area contributed by atoms with Gasteiger partial charge in [0.1, 0.15) is 0 Å². The summed E-state index contributed by atoms with van der Waals surface area (Å²) in [6.07, 6.45) is 11.9. The van der Waals surface area contributed by atoms with Gasteiger partial charge in [0.05, 0.1) is 0 Å². The molecule has 0 saturated heterocycles. The van der Waals surface area contributed by atoms with Crippen LogP contribution in [0, 0.1) is 13.8 Å². The van der Waals surface area contributed by atoms with Crippen molar-refractivity contribution in [2.45, 2.75) is 116 Å². The molecule has 305 valence electrons. The van der Waals surface area contributed by atoms with Gasteiger partial charge >= 0.3 is 375 Å². The van der Waals surface area contributed by atoms with Crippen LogP contribution in [0.2, 0.25) is 12.1 Å². The molecule has 0 spiro atoms. The number of hydrogen-bond donors (Lipinski definition) is 0. The number of hydrogen-bond acceptors (Lipinski definition) is 2. The zero-order valence-electron chi connectivity index (χ0n) is 35.9. The molecule has 0 amide bonds. The zero-order valence-corrected chi connectivity index (χ0v) is 41.0. The van der Waals surface area contributed by atoms with Gasteiger partial charge in [-0.05, 0) is 0 Å². The average molecular weight is 926 g/mol. The summed E-state index contributed by atoms with van der Waals surface area (Å²) >= 11 is -2.80. The summed E-state index contributed by atoms with van der Waals surface area (Å²) in [5, 5.41) is 0. The molecule has 0 saturated carbocycles. The van der Waals surface area contributed by atoms with Gasteiger partial charge in [-0.3, -0.25) is 0 Å². The van der Waals surface area contributed by atoms with Crippen molar-refractivity contribution < 1.29 is 27.4 Å². The first-order valence-corrected chi connectivity index (χ1v) is 35.1. The minimum atomic E-state index is -2.80. The average Bonchev–Trinajstić information content (AvgIpc) is 4.10. The molecule has 0 N–H and O–H groups in total. The van der Waals surface area contributed by atoms with E-state index in [4.69, 9.17) is 25.9 Å². The second kappa shape index (κ2) is 16.4. The number of furan rings is 2. The van der Waals surface area contributed by atoms with Crippen LogP contribution in [0.5, 0.6) is 0 Å². The van der Waals surface area contributed by atoms with E-state index in [2.05, 4.69) is 139 Å². The van der Waals surface area contributed by atoms with E-state index >= 15 is 0 Å². The van der Waals surface area contributed by atoms with E-state index in [-0.39, 0.29) is 11.8 Å². The molecule has 60 heavy (non-hydrogen) atoms. The normalized spacial score (nSPS) is 18.2. The Morgan fingerprint density at radius 1 is 0.583 bits per heavy atom. The van der Waals surface area contributed by atoms with Gasteiger partial charge in [-0.1, -0.05) is 0 Å². The first-order chi connectivity index (χ1) is 29.0. The SMILES string of the molecule is Cc1ccc(C2=Cc3c(cc4c(c3-c3ccc(C(C)C)cc3)CCC4)C2C[SiH](CC2C(c3ccc(C)o3)=Cc3c2cc2c(c3-c3ccc(C(C)C)cc3)CCC2)[Zr]([Cl])[Cl])o1. The van der Waals surface area contributed by atoms with E-state index in [1.54, 1.807) is 0 Å². The van der Waals surface area contributed by atoms with Crippen LogP contribution in [0.4, 0.5) is 0 Å². The van der Waals surface area contributed by atoms with E-state index in [9.17, 15) is 0 Å². The third-order valence-electron chi connectivity index (χ3n) is 14.2. The molecule has 2 atom stereocenters. The van der Waals surface area contributed by atoms with Crippen LogP contribution in [0.25, 0.3) is 45.6 Å². The second-order valence-corrected chi connectivity index (χ2v) is 42.1. The monoisotopic (exact) mass is 923 g/mol. The van der Waals surface area contributed by atoms with Gasteiger partial charge in [-0.15, -0.1) is 0 Å². The number of rotatable bonds is 11. The Balaban J connectivity index is 1.08. The molecule has 0 radical (unpaired) electrons. The standard InChI is InChI=1S/C54H55O2Si.2ClH.Zr/c1-31(2)35-15-19-37(20-16-35)53-41-11-7-9-39(41)25-43-47(53)27-45(51-23-13-33(5)55-51)49(43)29-57-30-50-44-26-40-10-8-12-42(40)54(38-21-17-36(18-22-38)32(3)4)48(44)28-46(50)52-24-14-34(6)56-52;;;/h13-28,31-32,49-50,57H,7-12,29-30H2,1-6H3;2*1H;/q;;;+2/p-2. The molecule has 10 rings (SSSR count). The van der Waals surface area contributed by atoms with Crippen LogP contribution in [-0.2, 0) is 44.2 Å². The number of fused-ring (bicyclic) bond motifs is 4. The first kappa shape index (κ1) is 40.7. The molecule has 4 aromatic carbocycles.